The minimum atomic E-state index is 0.436. The molecule has 2 rings (SSSR count). The maximum Gasteiger partial charge on any atom is 0.0621 e. The Kier molecular flexibility index (Phi) is 2.04. The molecule has 0 amide bonds. The molecule has 0 aliphatic carbocycles. The zero-order valence-electron chi connectivity index (χ0n) is 6.60. The largest absolute Gasteiger partial charge is 0.394 e. The molecule has 0 fully saturated rings. The van der Waals surface area contributed by atoms with Gasteiger partial charge in [-0.1, -0.05) is 23.9 Å². The predicted molar refractivity (Wildman–Crippen MR) is 51.5 cm³/mol. The van der Waals surface area contributed by atoms with Gasteiger partial charge in [-0.25, -0.2) is 0 Å². The third-order valence-corrected chi connectivity index (χ3v) is 2.99. The zero-order chi connectivity index (χ0) is 8.39. The highest BCUT2D eigenvalue weighted by Crippen LogP contribution is 2.40. The van der Waals surface area contributed by atoms with Crippen LogP contribution in [-0.4, -0.2) is 4.98 Å². The molecule has 1 atom stereocenters. The first-order chi connectivity index (χ1) is 5.86. The Morgan fingerprint density at radius 1 is 1.50 bits per heavy atom. The lowest BCUT2D eigenvalue weighted by atomic mass is 10.2. The topological polar surface area (TPSA) is 38.9 Å². The average Bonchev–Trinajstić information content (AvgIpc) is 2.54. The summed E-state index contributed by atoms with van der Waals surface area (Å²) in [5.41, 5.74) is 6.78. The Labute approximate surface area is 75.9 Å². The second-order valence-corrected chi connectivity index (χ2v) is 3.98. The molecule has 0 bridgehead atoms. The van der Waals surface area contributed by atoms with Gasteiger partial charge in [-0.05, 0) is 18.6 Å². The molecule has 1 aromatic heterocycles. The van der Waals surface area contributed by atoms with E-state index in [1.54, 1.807) is 11.8 Å². The quantitative estimate of drug-likeness (QED) is 0.715. The van der Waals surface area contributed by atoms with E-state index in [-0.39, 0.29) is 0 Å². The van der Waals surface area contributed by atoms with Crippen LogP contribution in [0.5, 0.6) is 0 Å². The smallest absolute Gasteiger partial charge is 0.0621 e. The average molecular weight is 178 g/mol. The van der Waals surface area contributed by atoms with Crippen LogP contribution >= 0.6 is 11.8 Å². The summed E-state index contributed by atoms with van der Waals surface area (Å²) in [6, 6.07) is 5.99. The van der Waals surface area contributed by atoms with Gasteiger partial charge < -0.3 is 5.73 Å². The van der Waals surface area contributed by atoms with Crippen molar-refractivity contribution in [2.45, 2.75) is 11.7 Å². The van der Waals surface area contributed by atoms with Crippen molar-refractivity contribution in [1.82, 2.24) is 4.98 Å². The summed E-state index contributed by atoms with van der Waals surface area (Å²) in [4.78, 5) is 4.29. The monoisotopic (exact) mass is 178 g/mol. The number of aromatic nitrogens is 1. The molecule has 1 aliphatic heterocycles. The SMILES string of the molecule is NC1=CCC(c2ccccn2)S1. The van der Waals surface area contributed by atoms with Crippen LogP contribution in [0.25, 0.3) is 0 Å². The summed E-state index contributed by atoms with van der Waals surface area (Å²) in [6.45, 7) is 0. The molecule has 62 valence electrons. The number of nitrogens with two attached hydrogens (primary N) is 1. The number of hydrogen-bond donors (Lipinski definition) is 1. The van der Waals surface area contributed by atoms with Crippen molar-refractivity contribution < 1.29 is 0 Å². The van der Waals surface area contributed by atoms with E-state index in [4.69, 9.17) is 5.73 Å². The number of hydrogen-bond acceptors (Lipinski definition) is 3. The Balaban J connectivity index is 2.14. The number of nitrogens with zero attached hydrogens (tertiary/aromatic N) is 1. The lowest BCUT2D eigenvalue weighted by molar-refractivity contribution is 0.932. The van der Waals surface area contributed by atoms with Crippen molar-refractivity contribution >= 4 is 11.8 Å². The van der Waals surface area contributed by atoms with Gasteiger partial charge >= 0.3 is 0 Å². The molecule has 2 N–H and O–H groups in total. The molecular formula is C9H10N2S. The summed E-state index contributed by atoms with van der Waals surface area (Å²) in [5.74, 6) is 0. The van der Waals surface area contributed by atoms with E-state index < -0.39 is 0 Å². The molecule has 1 unspecified atom stereocenters. The van der Waals surface area contributed by atoms with Gasteiger partial charge in [0, 0.05) is 6.20 Å². The van der Waals surface area contributed by atoms with E-state index in [0.29, 0.717) is 5.25 Å². The van der Waals surface area contributed by atoms with Gasteiger partial charge in [0.25, 0.3) is 0 Å². The summed E-state index contributed by atoms with van der Waals surface area (Å²) >= 11 is 1.69. The fourth-order valence-corrected chi connectivity index (χ4v) is 2.20. The highest BCUT2D eigenvalue weighted by atomic mass is 32.2. The van der Waals surface area contributed by atoms with Crippen LogP contribution in [0.2, 0.25) is 0 Å². The van der Waals surface area contributed by atoms with E-state index in [0.717, 1.165) is 17.1 Å². The molecule has 0 saturated heterocycles. The molecule has 12 heavy (non-hydrogen) atoms. The Bertz CT molecular complexity index is 295. The molecule has 2 heterocycles. The highest BCUT2D eigenvalue weighted by Gasteiger charge is 2.18. The van der Waals surface area contributed by atoms with Gasteiger partial charge in [0.1, 0.15) is 0 Å². The highest BCUT2D eigenvalue weighted by molar-refractivity contribution is 8.03. The normalized spacial score (nSPS) is 22.3. The van der Waals surface area contributed by atoms with E-state index in [1.807, 2.05) is 24.4 Å². The lowest BCUT2D eigenvalue weighted by Gasteiger charge is -2.06. The van der Waals surface area contributed by atoms with Gasteiger partial charge in [-0.15, -0.1) is 0 Å². The number of pyridine rings is 1. The van der Waals surface area contributed by atoms with Gasteiger partial charge in [-0.2, -0.15) is 0 Å². The predicted octanol–water partition coefficient (Wildman–Crippen LogP) is 2.06. The van der Waals surface area contributed by atoms with E-state index >= 15 is 0 Å². The van der Waals surface area contributed by atoms with Crippen molar-refractivity contribution in [1.29, 1.82) is 0 Å². The third-order valence-electron chi connectivity index (χ3n) is 1.83. The van der Waals surface area contributed by atoms with Crippen molar-refractivity contribution in [3.05, 3.63) is 41.2 Å². The van der Waals surface area contributed by atoms with E-state index in [1.165, 1.54) is 0 Å². The molecular weight excluding hydrogens is 168 g/mol. The van der Waals surface area contributed by atoms with Gasteiger partial charge in [0.15, 0.2) is 0 Å². The van der Waals surface area contributed by atoms with Crippen LogP contribution in [-0.2, 0) is 0 Å². The third kappa shape index (κ3) is 1.46. The van der Waals surface area contributed by atoms with E-state index in [9.17, 15) is 0 Å². The minimum Gasteiger partial charge on any atom is -0.394 e. The van der Waals surface area contributed by atoms with Crippen LogP contribution in [0, 0.1) is 0 Å². The first-order valence-corrected chi connectivity index (χ1v) is 4.77. The van der Waals surface area contributed by atoms with Crippen molar-refractivity contribution in [3.63, 3.8) is 0 Å². The zero-order valence-corrected chi connectivity index (χ0v) is 7.42. The van der Waals surface area contributed by atoms with Crippen LogP contribution < -0.4 is 5.73 Å². The minimum absolute atomic E-state index is 0.436. The maximum absolute atomic E-state index is 5.66. The van der Waals surface area contributed by atoms with Crippen molar-refractivity contribution in [2.75, 3.05) is 0 Å². The molecule has 0 saturated carbocycles. The standard InChI is InChI=1S/C9H10N2S/c10-9-5-4-8(12-9)7-3-1-2-6-11-7/h1-3,5-6,8H,4,10H2. The molecule has 1 aromatic rings. The molecule has 0 radical (unpaired) electrons. The van der Waals surface area contributed by atoms with Gasteiger partial charge in [-0.3, -0.25) is 4.98 Å². The van der Waals surface area contributed by atoms with Crippen molar-refractivity contribution in [2.24, 2.45) is 5.73 Å². The summed E-state index contributed by atoms with van der Waals surface area (Å²) in [6.07, 6.45) is 4.89. The Morgan fingerprint density at radius 3 is 3.00 bits per heavy atom. The summed E-state index contributed by atoms with van der Waals surface area (Å²) in [5, 5.41) is 1.36. The van der Waals surface area contributed by atoms with Crippen molar-refractivity contribution in [3.8, 4) is 0 Å². The van der Waals surface area contributed by atoms with E-state index in [2.05, 4.69) is 11.1 Å². The first-order valence-electron chi connectivity index (χ1n) is 3.89. The number of allylic oxidation sites excluding steroid dienone is 1. The summed E-state index contributed by atoms with van der Waals surface area (Å²) < 4.78 is 0. The molecule has 0 aromatic carbocycles. The van der Waals surface area contributed by atoms with Gasteiger partial charge in [0.05, 0.1) is 16.0 Å². The molecule has 0 spiro atoms. The van der Waals surface area contributed by atoms with Gasteiger partial charge in [0.2, 0.25) is 0 Å². The van der Waals surface area contributed by atoms with Crippen LogP contribution in [0.15, 0.2) is 35.5 Å². The number of rotatable bonds is 1. The Hall–Kier alpha value is -0.960. The van der Waals surface area contributed by atoms with Crippen LogP contribution in [0.3, 0.4) is 0 Å². The second-order valence-electron chi connectivity index (χ2n) is 2.70. The summed E-state index contributed by atoms with van der Waals surface area (Å²) in [7, 11) is 0. The molecule has 2 nitrogen and oxygen atoms in total. The lowest BCUT2D eigenvalue weighted by Crippen LogP contribution is -1.93. The second kappa shape index (κ2) is 3.19. The fraction of sp³-hybridized carbons (Fsp3) is 0.222. The number of thioether (sulfide) groups is 1. The maximum atomic E-state index is 5.66. The Morgan fingerprint density at radius 2 is 2.42 bits per heavy atom. The molecule has 1 aliphatic rings. The first kappa shape index (κ1) is 7.68. The fourth-order valence-electron chi connectivity index (χ4n) is 1.23. The molecule has 3 heteroatoms. The van der Waals surface area contributed by atoms with Crippen LogP contribution in [0.4, 0.5) is 0 Å². The van der Waals surface area contributed by atoms with Crippen LogP contribution in [0.1, 0.15) is 17.4 Å².